The third-order valence-corrected chi connectivity index (χ3v) is 4.83. The number of carboxylic acids is 1. The Hall–Kier alpha value is -2.57. The van der Waals surface area contributed by atoms with Crippen molar-refractivity contribution in [2.45, 2.75) is 6.54 Å². The van der Waals surface area contributed by atoms with Crippen molar-refractivity contribution >= 4 is 46.6 Å². The number of halogens is 1. The zero-order valence-electron chi connectivity index (χ0n) is 12.8. The van der Waals surface area contributed by atoms with Crippen molar-refractivity contribution in [1.82, 2.24) is 4.90 Å². The molecule has 2 aromatic rings. The maximum Gasteiger partial charge on any atom is 0.335 e. The first kappa shape index (κ1) is 17.3. The Kier molecular flexibility index (Phi) is 4.92. The van der Waals surface area contributed by atoms with E-state index in [0.29, 0.717) is 16.1 Å². The maximum atomic E-state index is 12.5. The van der Waals surface area contributed by atoms with Crippen LogP contribution < -0.4 is 0 Å². The van der Waals surface area contributed by atoms with Gasteiger partial charge in [0.25, 0.3) is 11.1 Å². The Morgan fingerprint density at radius 2 is 1.92 bits per heavy atom. The van der Waals surface area contributed by atoms with Gasteiger partial charge in [0.05, 0.1) is 17.0 Å². The Morgan fingerprint density at radius 1 is 1.16 bits per heavy atom. The lowest BCUT2D eigenvalue weighted by molar-refractivity contribution is -0.123. The maximum absolute atomic E-state index is 12.5. The fourth-order valence-electron chi connectivity index (χ4n) is 2.35. The summed E-state index contributed by atoms with van der Waals surface area (Å²) in [6.07, 6.45) is 1.58. The molecule has 3 rings (SSSR count). The molecule has 0 aliphatic carbocycles. The summed E-state index contributed by atoms with van der Waals surface area (Å²) >= 11 is 6.92. The van der Waals surface area contributed by atoms with Crippen LogP contribution in [0.4, 0.5) is 4.79 Å². The van der Waals surface area contributed by atoms with Crippen LogP contribution in [0.25, 0.3) is 6.08 Å². The molecule has 0 spiro atoms. The number of benzene rings is 2. The Balaban J connectivity index is 1.84. The van der Waals surface area contributed by atoms with E-state index in [1.54, 1.807) is 42.5 Å². The first-order valence-corrected chi connectivity index (χ1v) is 8.47. The predicted molar refractivity (Wildman–Crippen MR) is 96.4 cm³/mol. The van der Waals surface area contributed by atoms with E-state index in [2.05, 4.69) is 0 Å². The molecule has 1 aliphatic heterocycles. The van der Waals surface area contributed by atoms with E-state index in [1.165, 1.54) is 12.1 Å². The second-order valence-corrected chi connectivity index (χ2v) is 6.70. The average Bonchev–Trinajstić information content (AvgIpc) is 2.85. The molecule has 1 fully saturated rings. The lowest BCUT2D eigenvalue weighted by Crippen LogP contribution is -2.27. The highest BCUT2D eigenvalue weighted by Crippen LogP contribution is 2.34. The lowest BCUT2D eigenvalue weighted by atomic mass is 10.1. The summed E-state index contributed by atoms with van der Waals surface area (Å²) in [5.41, 5.74) is 1.33. The molecule has 1 N–H and O–H groups in total. The van der Waals surface area contributed by atoms with Crippen molar-refractivity contribution in [3.05, 3.63) is 75.1 Å². The van der Waals surface area contributed by atoms with E-state index in [0.717, 1.165) is 16.7 Å². The molecule has 1 heterocycles. The molecule has 0 unspecified atom stereocenters. The molecular weight excluding hydrogens is 362 g/mol. The number of carbonyl (C=O) groups is 3. The number of thioether (sulfide) groups is 1. The topological polar surface area (TPSA) is 74.7 Å². The SMILES string of the molecule is O=C(O)c1cccc(CN2C(=O)SC(=Cc3ccccc3Cl)C2=O)c1. The summed E-state index contributed by atoms with van der Waals surface area (Å²) in [6, 6.07) is 13.2. The summed E-state index contributed by atoms with van der Waals surface area (Å²) in [6.45, 7) is 0.0195. The van der Waals surface area contributed by atoms with Crippen molar-refractivity contribution in [1.29, 1.82) is 0 Å². The second-order valence-electron chi connectivity index (χ2n) is 5.29. The van der Waals surface area contributed by atoms with Gasteiger partial charge in [-0.15, -0.1) is 0 Å². The van der Waals surface area contributed by atoms with E-state index >= 15 is 0 Å². The molecule has 7 heteroatoms. The molecular formula is C18H12ClNO4S. The van der Waals surface area contributed by atoms with Crippen LogP contribution in [0, 0.1) is 0 Å². The summed E-state index contributed by atoms with van der Waals surface area (Å²) in [4.78, 5) is 37.1. The zero-order chi connectivity index (χ0) is 18.0. The molecule has 0 aromatic heterocycles. The Labute approximate surface area is 152 Å². The van der Waals surface area contributed by atoms with E-state index in [1.807, 2.05) is 0 Å². The molecule has 5 nitrogen and oxygen atoms in total. The van der Waals surface area contributed by atoms with E-state index in [-0.39, 0.29) is 17.0 Å². The molecule has 25 heavy (non-hydrogen) atoms. The van der Waals surface area contributed by atoms with E-state index in [4.69, 9.17) is 16.7 Å². The first-order valence-electron chi connectivity index (χ1n) is 7.28. The summed E-state index contributed by atoms with van der Waals surface area (Å²) in [7, 11) is 0. The average molecular weight is 374 g/mol. The number of imide groups is 1. The summed E-state index contributed by atoms with van der Waals surface area (Å²) in [5, 5.41) is 9.12. The van der Waals surface area contributed by atoms with Crippen LogP contribution in [-0.2, 0) is 11.3 Å². The number of carboxylic acid groups (broad SMARTS) is 1. The Bertz CT molecular complexity index is 909. The molecule has 2 amide bonds. The van der Waals surface area contributed by atoms with Crippen LogP contribution in [0.15, 0.2) is 53.4 Å². The normalized spacial score (nSPS) is 15.9. The number of carbonyl (C=O) groups excluding carboxylic acids is 2. The van der Waals surface area contributed by atoms with Crippen LogP contribution in [-0.4, -0.2) is 27.1 Å². The molecule has 2 aromatic carbocycles. The van der Waals surface area contributed by atoms with Gasteiger partial charge in [-0.25, -0.2) is 4.79 Å². The molecule has 0 radical (unpaired) electrons. The highest BCUT2D eigenvalue weighted by molar-refractivity contribution is 8.18. The fourth-order valence-corrected chi connectivity index (χ4v) is 3.37. The number of nitrogens with zero attached hydrogens (tertiary/aromatic N) is 1. The molecule has 0 atom stereocenters. The van der Waals surface area contributed by atoms with Crippen molar-refractivity contribution in [3.8, 4) is 0 Å². The van der Waals surface area contributed by atoms with Gasteiger partial charge in [0, 0.05) is 5.02 Å². The minimum atomic E-state index is -1.06. The molecule has 0 bridgehead atoms. The van der Waals surface area contributed by atoms with Crippen LogP contribution in [0.5, 0.6) is 0 Å². The predicted octanol–water partition coefficient (Wildman–Crippen LogP) is 4.27. The highest BCUT2D eigenvalue weighted by atomic mass is 35.5. The van der Waals surface area contributed by atoms with Gasteiger partial charge in [-0.1, -0.05) is 41.9 Å². The fraction of sp³-hybridized carbons (Fsp3) is 0.0556. The lowest BCUT2D eigenvalue weighted by Gasteiger charge is -2.12. The van der Waals surface area contributed by atoms with E-state index in [9.17, 15) is 14.4 Å². The quantitative estimate of drug-likeness (QED) is 0.810. The zero-order valence-corrected chi connectivity index (χ0v) is 14.4. The van der Waals surface area contributed by atoms with Crippen LogP contribution >= 0.6 is 23.4 Å². The number of rotatable bonds is 4. The number of aromatic carboxylic acids is 1. The van der Waals surface area contributed by atoms with Crippen molar-refractivity contribution in [3.63, 3.8) is 0 Å². The van der Waals surface area contributed by atoms with E-state index < -0.39 is 17.1 Å². The van der Waals surface area contributed by atoms with Gasteiger partial charge in [-0.3, -0.25) is 14.5 Å². The van der Waals surface area contributed by atoms with Crippen LogP contribution in [0.1, 0.15) is 21.5 Å². The highest BCUT2D eigenvalue weighted by Gasteiger charge is 2.35. The van der Waals surface area contributed by atoms with Gasteiger partial charge in [-0.2, -0.15) is 0 Å². The van der Waals surface area contributed by atoms with Crippen molar-refractivity contribution in [2.75, 3.05) is 0 Å². The van der Waals surface area contributed by atoms with Crippen molar-refractivity contribution < 1.29 is 19.5 Å². The first-order chi connectivity index (χ1) is 12.0. The number of amides is 2. The largest absolute Gasteiger partial charge is 0.478 e. The van der Waals surface area contributed by atoms with Gasteiger partial charge in [0.1, 0.15) is 0 Å². The molecule has 126 valence electrons. The van der Waals surface area contributed by atoms with Crippen molar-refractivity contribution in [2.24, 2.45) is 0 Å². The van der Waals surface area contributed by atoms with Gasteiger partial charge < -0.3 is 5.11 Å². The third kappa shape index (κ3) is 3.75. The van der Waals surface area contributed by atoms with Crippen LogP contribution in [0.3, 0.4) is 0 Å². The smallest absolute Gasteiger partial charge is 0.335 e. The number of hydrogen-bond acceptors (Lipinski definition) is 4. The molecule has 1 aliphatic rings. The van der Waals surface area contributed by atoms with Gasteiger partial charge in [0.2, 0.25) is 0 Å². The minimum absolute atomic E-state index is 0.0195. The van der Waals surface area contributed by atoms with Gasteiger partial charge in [-0.05, 0) is 47.2 Å². The van der Waals surface area contributed by atoms with Gasteiger partial charge in [0.15, 0.2) is 0 Å². The Morgan fingerprint density at radius 3 is 2.64 bits per heavy atom. The molecule has 0 saturated carbocycles. The summed E-state index contributed by atoms with van der Waals surface area (Å²) < 4.78 is 0. The number of hydrogen-bond donors (Lipinski definition) is 1. The van der Waals surface area contributed by atoms with Crippen LogP contribution in [0.2, 0.25) is 5.02 Å². The summed E-state index contributed by atoms with van der Waals surface area (Å²) in [5.74, 6) is -1.48. The van der Waals surface area contributed by atoms with Gasteiger partial charge >= 0.3 is 5.97 Å². The monoisotopic (exact) mass is 373 g/mol. The second kappa shape index (κ2) is 7.13. The minimum Gasteiger partial charge on any atom is -0.478 e. The third-order valence-electron chi connectivity index (χ3n) is 3.58. The standard InChI is InChI=1S/C18H12ClNO4S/c19-14-7-2-1-5-12(14)9-15-16(21)20(18(24)25-15)10-11-4-3-6-13(8-11)17(22)23/h1-9H,10H2,(H,22,23). The molecule has 1 saturated heterocycles.